The van der Waals surface area contributed by atoms with Crippen LogP contribution in [0.1, 0.15) is 33.4 Å². The van der Waals surface area contributed by atoms with Crippen molar-refractivity contribution in [2.45, 2.75) is 13.8 Å². The molecule has 0 atom stereocenters. The van der Waals surface area contributed by atoms with Crippen LogP contribution in [0, 0.1) is 37.5 Å². The van der Waals surface area contributed by atoms with E-state index in [0.29, 0.717) is 0 Å². The summed E-state index contributed by atoms with van der Waals surface area (Å²) in [5, 5.41) is 0. The summed E-state index contributed by atoms with van der Waals surface area (Å²) in [7, 11) is 0. The fourth-order valence-electron chi connectivity index (χ4n) is 2.62. The highest BCUT2D eigenvalue weighted by molar-refractivity contribution is 7.00. The molecule has 128 valence electrons. The Labute approximate surface area is 163 Å². The summed E-state index contributed by atoms with van der Waals surface area (Å²) < 4.78 is 8.87. The Bertz CT molecular complexity index is 1130. The Balaban J connectivity index is 1.69. The highest BCUT2D eigenvalue weighted by atomic mass is 32.1. The minimum absolute atomic E-state index is 0.815. The van der Waals surface area contributed by atoms with Crippen LogP contribution in [0.25, 0.3) is 11.0 Å². The molecule has 0 aliphatic heterocycles. The van der Waals surface area contributed by atoms with Crippen molar-refractivity contribution in [1.82, 2.24) is 8.75 Å². The number of aryl methyl sites for hydroxylation is 2. The predicted octanol–water partition coefficient (Wildman–Crippen LogP) is 5.11. The molecule has 0 fully saturated rings. The summed E-state index contributed by atoms with van der Waals surface area (Å²) in [5.41, 5.74) is 7.80. The zero-order valence-corrected chi connectivity index (χ0v) is 15.9. The summed E-state index contributed by atoms with van der Waals surface area (Å²) >= 11 is 1.19. The van der Waals surface area contributed by atoms with Gasteiger partial charge in [0.1, 0.15) is 11.0 Å². The van der Waals surface area contributed by atoms with Gasteiger partial charge in [0.2, 0.25) is 0 Å². The van der Waals surface area contributed by atoms with Crippen LogP contribution < -0.4 is 0 Å². The molecule has 1 heterocycles. The minimum Gasteiger partial charge on any atom is -0.172 e. The lowest BCUT2D eigenvalue weighted by Crippen LogP contribution is -1.85. The van der Waals surface area contributed by atoms with E-state index in [4.69, 9.17) is 0 Å². The van der Waals surface area contributed by atoms with Gasteiger partial charge < -0.3 is 0 Å². The maximum atomic E-state index is 4.43. The van der Waals surface area contributed by atoms with Crippen molar-refractivity contribution >= 4 is 22.8 Å². The number of nitrogens with zero attached hydrogens (tertiary/aromatic N) is 2. The molecule has 0 saturated carbocycles. The lowest BCUT2D eigenvalue weighted by Gasteiger charge is -1.96. The third-order valence-corrected chi connectivity index (χ3v) is 4.73. The van der Waals surface area contributed by atoms with Crippen LogP contribution in [0.5, 0.6) is 0 Å². The first-order valence-electron chi connectivity index (χ1n) is 8.62. The summed E-state index contributed by atoms with van der Waals surface area (Å²) in [6.07, 6.45) is 0. The van der Waals surface area contributed by atoms with E-state index in [2.05, 4.69) is 70.5 Å². The van der Waals surface area contributed by atoms with Crippen LogP contribution >= 0.6 is 11.7 Å². The van der Waals surface area contributed by atoms with Gasteiger partial charge in [-0.1, -0.05) is 59.1 Å². The topological polar surface area (TPSA) is 25.8 Å². The van der Waals surface area contributed by atoms with E-state index < -0.39 is 0 Å². The Kier molecular flexibility index (Phi) is 4.71. The zero-order valence-electron chi connectivity index (χ0n) is 15.1. The number of hydrogen-bond donors (Lipinski definition) is 0. The summed E-state index contributed by atoms with van der Waals surface area (Å²) in [4.78, 5) is 0. The van der Waals surface area contributed by atoms with E-state index in [0.717, 1.165) is 33.3 Å². The van der Waals surface area contributed by atoms with Crippen LogP contribution in [0.2, 0.25) is 0 Å². The lowest BCUT2D eigenvalue weighted by molar-refractivity contribution is 1.46. The Morgan fingerprint density at radius 1 is 0.556 bits per heavy atom. The first-order chi connectivity index (χ1) is 13.2. The van der Waals surface area contributed by atoms with Crippen molar-refractivity contribution in [3.05, 3.63) is 94.0 Å². The van der Waals surface area contributed by atoms with Crippen molar-refractivity contribution in [3.8, 4) is 23.7 Å². The molecule has 1 aromatic heterocycles. The van der Waals surface area contributed by atoms with Gasteiger partial charge in [-0.25, -0.2) is 0 Å². The number of fused-ring (bicyclic) bond motifs is 1. The molecule has 0 amide bonds. The fraction of sp³-hybridized carbons (Fsp3) is 0.0833. The number of rotatable bonds is 0. The van der Waals surface area contributed by atoms with Crippen molar-refractivity contribution in [2.24, 2.45) is 0 Å². The van der Waals surface area contributed by atoms with Gasteiger partial charge in [0.25, 0.3) is 0 Å². The van der Waals surface area contributed by atoms with Crippen LogP contribution in [0.4, 0.5) is 0 Å². The molecular weight excluding hydrogens is 348 g/mol. The average Bonchev–Trinajstić information content (AvgIpc) is 3.18. The van der Waals surface area contributed by atoms with Crippen molar-refractivity contribution < 1.29 is 0 Å². The monoisotopic (exact) mass is 364 g/mol. The highest BCUT2D eigenvalue weighted by Gasteiger charge is 2.07. The predicted molar refractivity (Wildman–Crippen MR) is 112 cm³/mol. The summed E-state index contributed by atoms with van der Waals surface area (Å²) in [5.74, 6) is 12.9. The van der Waals surface area contributed by atoms with Gasteiger partial charge in [0.05, 0.1) is 22.9 Å². The molecule has 27 heavy (non-hydrogen) atoms. The maximum absolute atomic E-state index is 4.43. The Morgan fingerprint density at radius 2 is 0.963 bits per heavy atom. The molecule has 0 aliphatic carbocycles. The normalized spacial score (nSPS) is 10.0. The molecule has 2 nitrogen and oxygen atoms in total. The molecule has 0 saturated heterocycles. The second kappa shape index (κ2) is 7.46. The smallest absolute Gasteiger partial charge is 0.121 e. The molecule has 0 bridgehead atoms. The van der Waals surface area contributed by atoms with Crippen LogP contribution in [-0.4, -0.2) is 8.75 Å². The van der Waals surface area contributed by atoms with E-state index in [9.17, 15) is 0 Å². The highest BCUT2D eigenvalue weighted by Crippen LogP contribution is 2.20. The van der Waals surface area contributed by atoms with E-state index >= 15 is 0 Å². The standard InChI is InChI=1S/C24H16N2S/c1-17-3-7-19(8-4-17)11-13-21-15-16-22(24-23(21)25-27-26-24)14-12-20-9-5-18(2)6-10-20/h3-10,15-16H,1-2H3. The average molecular weight is 364 g/mol. The first-order valence-corrected chi connectivity index (χ1v) is 9.35. The lowest BCUT2D eigenvalue weighted by atomic mass is 10.1. The van der Waals surface area contributed by atoms with Gasteiger partial charge in [-0.3, -0.25) is 0 Å². The number of hydrogen-bond acceptors (Lipinski definition) is 3. The molecule has 3 aromatic carbocycles. The second-order valence-electron chi connectivity index (χ2n) is 6.35. The van der Waals surface area contributed by atoms with Gasteiger partial charge in [0.15, 0.2) is 0 Å². The zero-order chi connectivity index (χ0) is 18.6. The molecule has 4 aromatic rings. The van der Waals surface area contributed by atoms with Gasteiger partial charge in [-0.15, -0.1) is 0 Å². The van der Waals surface area contributed by atoms with Gasteiger partial charge in [-0.2, -0.15) is 8.75 Å². The third-order valence-electron chi connectivity index (χ3n) is 4.20. The quantitative estimate of drug-likeness (QED) is 0.405. The van der Waals surface area contributed by atoms with Gasteiger partial charge in [0, 0.05) is 11.1 Å². The second-order valence-corrected chi connectivity index (χ2v) is 6.88. The van der Waals surface area contributed by atoms with Gasteiger partial charge >= 0.3 is 0 Å². The van der Waals surface area contributed by atoms with Crippen LogP contribution in [0.3, 0.4) is 0 Å². The van der Waals surface area contributed by atoms with Crippen LogP contribution in [0.15, 0.2) is 60.7 Å². The number of benzene rings is 3. The van der Waals surface area contributed by atoms with E-state index in [1.807, 2.05) is 36.4 Å². The molecule has 0 spiro atoms. The fourth-order valence-corrected chi connectivity index (χ4v) is 3.19. The van der Waals surface area contributed by atoms with E-state index in [-0.39, 0.29) is 0 Å². The molecule has 0 unspecified atom stereocenters. The SMILES string of the molecule is Cc1ccc(C#Cc2ccc(C#Cc3ccc(C)cc3)c3nsnc23)cc1. The van der Waals surface area contributed by atoms with E-state index in [1.54, 1.807) is 0 Å². The first kappa shape index (κ1) is 17.0. The molecular formula is C24H16N2S. The molecule has 0 N–H and O–H groups in total. The minimum atomic E-state index is 0.815. The van der Waals surface area contributed by atoms with E-state index in [1.165, 1.54) is 22.9 Å². The van der Waals surface area contributed by atoms with Gasteiger partial charge in [-0.05, 0) is 50.2 Å². The summed E-state index contributed by atoms with van der Waals surface area (Å²) in [6, 6.07) is 20.3. The number of aromatic nitrogens is 2. The van der Waals surface area contributed by atoms with Crippen molar-refractivity contribution in [3.63, 3.8) is 0 Å². The van der Waals surface area contributed by atoms with Crippen molar-refractivity contribution in [1.29, 1.82) is 0 Å². The molecule has 3 heteroatoms. The Hall–Kier alpha value is -3.40. The third kappa shape index (κ3) is 3.90. The maximum Gasteiger partial charge on any atom is 0.121 e. The Morgan fingerprint density at radius 3 is 1.37 bits per heavy atom. The van der Waals surface area contributed by atoms with Crippen molar-refractivity contribution in [2.75, 3.05) is 0 Å². The largest absolute Gasteiger partial charge is 0.172 e. The molecule has 0 aliphatic rings. The van der Waals surface area contributed by atoms with Crippen LogP contribution in [-0.2, 0) is 0 Å². The summed E-state index contributed by atoms with van der Waals surface area (Å²) in [6.45, 7) is 4.14. The molecule has 0 radical (unpaired) electrons. The molecule has 4 rings (SSSR count).